The van der Waals surface area contributed by atoms with Crippen LogP contribution in [0.2, 0.25) is 0 Å². The van der Waals surface area contributed by atoms with E-state index >= 15 is 0 Å². The second-order valence-corrected chi connectivity index (χ2v) is 4.77. The number of rotatable bonds is 3. The van der Waals surface area contributed by atoms with Gasteiger partial charge >= 0.3 is 12.0 Å². The van der Waals surface area contributed by atoms with E-state index in [1.54, 1.807) is 24.3 Å². The van der Waals surface area contributed by atoms with Crippen LogP contribution in [0.1, 0.15) is 24.8 Å². The largest absolute Gasteiger partial charge is 0.481 e. The van der Waals surface area contributed by atoms with E-state index in [9.17, 15) is 9.59 Å². The van der Waals surface area contributed by atoms with Crippen molar-refractivity contribution in [2.24, 2.45) is 5.92 Å². The molecule has 2 amide bonds. The zero-order valence-electron chi connectivity index (χ0n) is 10.8. The summed E-state index contributed by atoms with van der Waals surface area (Å²) < 4.78 is 0. The van der Waals surface area contributed by atoms with E-state index in [-0.39, 0.29) is 6.04 Å². The third kappa shape index (κ3) is 3.26. The summed E-state index contributed by atoms with van der Waals surface area (Å²) in [5.41, 5.74) is 1.07. The van der Waals surface area contributed by atoms with E-state index in [0.717, 1.165) is 6.42 Å². The van der Waals surface area contributed by atoms with E-state index in [1.807, 2.05) is 6.07 Å². The lowest BCUT2D eigenvalue weighted by atomic mass is 10.0. The lowest BCUT2D eigenvalue weighted by Crippen LogP contribution is -2.42. The van der Waals surface area contributed by atoms with Crippen molar-refractivity contribution in [2.45, 2.75) is 25.3 Å². The molecule has 1 aliphatic carbocycles. The second-order valence-electron chi connectivity index (χ2n) is 4.77. The fraction of sp³-hybridized carbons (Fsp3) is 0.357. The SMILES string of the molecule is N#Cc1ccc(NC(=O)NC2CCCC2C(=O)O)cc1. The van der Waals surface area contributed by atoms with Crippen LogP contribution in [0.25, 0.3) is 0 Å². The first-order valence-electron chi connectivity index (χ1n) is 6.40. The van der Waals surface area contributed by atoms with Gasteiger partial charge in [0.2, 0.25) is 0 Å². The fourth-order valence-corrected chi connectivity index (χ4v) is 2.39. The van der Waals surface area contributed by atoms with Crippen molar-refractivity contribution in [3.05, 3.63) is 29.8 Å². The summed E-state index contributed by atoms with van der Waals surface area (Å²) in [4.78, 5) is 22.8. The molecule has 0 bridgehead atoms. The van der Waals surface area contributed by atoms with Gasteiger partial charge in [0, 0.05) is 11.7 Å². The van der Waals surface area contributed by atoms with Crippen LogP contribution >= 0.6 is 0 Å². The van der Waals surface area contributed by atoms with E-state index in [2.05, 4.69) is 10.6 Å². The highest BCUT2D eigenvalue weighted by molar-refractivity contribution is 5.90. The first-order chi connectivity index (χ1) is 9.60. The summed E-state index contributed by atoms with van der Waals surface area (Å²) in [5, 5.41) is 23.0. The molecule has 0 aromatic heterocycles. The van der Waals surface area contributed by atoms with Gasteiger partial charge in [0.25, 0.3) is 0 Å². The molecule has 0 saturated heterocycles. The molecule has 1 aromatic carbocycles. The van der Waals surface area contributed by atoms with Crippen LogP contribution in [0.3, 0.4) is 0 Å². The fourth-order valence-electron chi connectivity index (χ4n) is 2.39. The Morgan fingerprint density at radius 1 is 1.25 bits per heavy atom. The van der Waals surface area contributed by atoms with Gasteiger partial charge in [0.05, 0.1) is 17.6 Å². The predicted molar refractivity (Wildman–Crippen MR) is 72.1 cm³/mol. The first-order valence-corrected chi connectivity index (χ1v) is 6.40. The Kier molecular flexibility index (Phi) is 4.20. The number of nitrogens with one attached hydrogen (secondary N) is 2. The Balaban J connectivity index is 1.92. The van der Waals surface area contributed by atoms with Crippen molar-refractivity contribution in [3.8, 4) is 6.07 Å². The van der Waals surface area contributed by atoms with Gasteiger partial charge in [-0.05, 0) is 37.1 Å². The molecule has 0 radical (unpaired) electrons. The summed E-state index contributed by atoms with van der Waals surface area (Å²) in [6.45, 7) is 0. The average molecular weight is 273 g/mol. The maximum Gasteiger partial charge on any atom is 0.319 e. The Morgan fingerprint density at radius 3 is 2.55 bits per heavy atom. The molecule has 0 aliphatic heterocycles. The number of anilines is 1. The number of benzene rings is 1. The highest BCUT2D eigenvalue weighted by Crippen LogP contribution is 2.25. The van der Waals surface area contributed by atoms with Crippen LogP contribution in [-0.2, 0) is 4.79 Å². The van der Waals surface area contributed by atoms with Crippen LogP contribution in [0.15, 0.2) is 24.3 Å². The van der Waals surface area contributed by atoms with Crippen LogP contribution < -0.4 is 10.6 Å². The molecule has 6 nitrogen and oxygen atoms in total. The van der Waals surface area contributed by atoms with Gasteiger partial charge in [-0.2, -0.15) is 5.26 Å². The topological polar surface area (TPSA) is 102 Å². The number of hydrogen-bond donors (Lipinski definition) is 3. The third-order valence-corrected chi connectivity index (χ3v) is 3.42. The molecule has 0 spiro atoms. The highest BCUT2D eigenvalue weighted by Gasteiger charge is 2.33. The summed E-state index contributed by atoms with van der Waals surface area (Å²) in [6, 6.07) is 7.70. The molecule has 1 aliphatic rings. The van der Waals surface area contributed by atoms with Gasteiger partial charge < -0.3 is 15.7 Å². The maximum atomic E-state index is 11.8. The highest BCUT2D eigenvalue weighted by atomic mass is 16.4. The Morgan fingerprint density at radius 2 is 1.95 bits per heavy atom. The van der Waals surface area contributed by atoms with Crippen LogP contribution in [-0.4, -0.2) is 23.1 Å². The number of nitrogens with zero attached hydrogens (tertiary/aromatic N) is 1. The van der Waals surface area contributed by atoms with Crippen LogP contribution in [0.5, 0.6) is 0 Å². The monoisotopic (exact) mass is 273 g/mol. The molecule has 1 saturated carbocycles. The van der Waals surface area contributed by atoms with Crippen molar-refractivity contribution in [2.75, 3.05) is 5.32 Å². The zero-order chi connectivity index (χ0) is 14.5. The number of carbonyl (C=O) groups is 2. The number of urea groups is 1. The van der Waals surface area contributed by atoms with Crippen molar-refractivity contribution >= 4 is 17.7 Å². The van der Waals surface area contributed by atoms with Gasteiger partial charge in [-0.15, -0.1) is 0 Å². The Labute approximate surface area is 116 Å². The average Bonchev–Trinajstić information content (AvgIpc) is 2.87. The molecule has 6 heteroatoms. The van der Waals surface area contributed by atoms with Crippen molar-refractivity contribution in [1.29, 1.82) is 5.26 Å². The summed E-state index contributed by atoms with van der Waals surface area (Å²) in [5.74, 6) is -1.38. The molecule has 1 aromatic rings. The minimum atomic E-state index is -0.869. The number of amides is 2. The zero-order valence-corrected chi connectivity index (χ0v) is 10.8. The van der Waals surface area contributed by atoms with E-state index < -0.39 is 17.9 Å². The maximum absolute atomic E-state index is 11.8. The number of hydrogen-bond acceptors (Lipinski definition) is 3. The summed E-state index contributed by atoms with van der Waals surface area (Å²) >= 11 is 0. The molecule has 104 valence electrons. The number of nitriles is 1. The standard InChI is InChI=1S/C14H15N3O3/c15-8-9-4-6-10(7-5-9)16-14(20)17-12-3-1-2-11(12)13(18)19/h4-7,11-12H,1-3H2,(H,18,19)(H2,16,17,20). The normalized spacial score (nSPS) is 20.9. The van der Waals surface area contributed by atoms with Gasteiger partial charge in [-0.3, -0.25) is 4.79 Å². The molecule has 2 atom stereocenters. The minimum absolute atomic E-state index is 0.328. The van der Waals surface area contributed by atoms with Gasteiger partial charge in [-0.1, -0.05) is 6.42 Å². The number of carboxylic acids is 1. The number of carboxylic acid groups (broad SMARTS) is 1. The quantitative estimate of drug-likeness (QED) is 0.783. The summed E-state index contributed by atoms with van der Waals surface area (Å²) in [7, 11) is 0. The molecule has 20 heavy (non-hydrogen) atoms. The lowest BCUT2D eigenvalue weighted by Gasteiger charge is -2.17. The van der Waals surface area contributed by atoms with E-state index in [4.69, 9.17) is 10.4 Å². The first kappa shape index (κ1) is 13.9. The Hall–Kier alpha value is -2.55. The second kappa shape index (κ2) is 6.06. The third-order valence-electron chi connectivity index (χ3n) is 3.42. The smallest absolute Gasteiger partial charge is 0.319 e. The number of aliphatic carboxylic acids is 1. The molecular formula is C14H15N3O3. The van der Waals surface area contributed by atoms with Gasteiger partial charge in [0.15, 0.2) is 0 Å². The molecule has 2 unspecified atom stereocenters. The number of carbonyl (C=O) groups excluding carboxylic acids is 1. The summed E-state index contributed by atoms with van der Waals surface area (Å²) in [6.07, 6.45) is 2.08. The van der Waals surface area contributed by atoms with Crippen LogP contribution in [0, 0.1) is 17.2 Å². The lowest BCUT2D eigenvalue weighted by molar-refractivity contribution is -0.142. The van der Waals surface area contributed by atoms with E-state index in [0.29, 0.717) is 24.1 Å². The molecule has 3 N–H and O–H groups in total. The molecular weight excluding hydrogens is 258 g/mol. The Bertz CT molecular complexity index is 548. The minimum Gasteiger partial charge on any atom is -0.481 e. The van der Waals surface area contributed by atoms with E-state index in [1.165, 1.54) is 0 Å². The van der Waals surface area contributed by atoms with Crippen molar-refractivity contribution in [1.82, 2.24) is 5.32 Å². The van der Waals surface area contributed by atoms with Gasteiger partial charge in [0.1, 0.15) is 0 Å². The predicted octanol–water partition coefficient (Wildman–Crippen LogP) is 1.93. The molecule has 1 fully saturated rings. The van der Waals surface area contributed by atoms with Crippen molar-refractivity contribution < 1.29 is 14.7 Å². The van der Waals surface area contributed by atoms with Crippen molar-refractivity contribution in [3.63, 3.8) is 0 Å². The van der Waals surface area contributed by atoms with Gasteiger partial charge in [-0.25, -0.2) is 4.79 Å². The molecule has 2 rings (SSSR count). The van der Waals surface area contributed by atoms with Crippen LogP contribution in [0.4, 0.5) is 10.5 Å². The molecule has 0 heterocycles.